The van der Waals surface area contributed by atoms with Crippen LogP contribution in [0.2, 0.25) is 0 Å². The van der Waals surface area contributed by atoms with E-state index in [9.17, 15) is 9.59 Å². The first kappa shape index (κ1) is 11.5. The van der Waals surface area contributed by atoms with Crippen molar-refractivity contribution < 1.29 is 9.59 Å². The topological polar surface area (TPSA) is 66.4 Å². The minimum absolute atomic E-state index is 0.0524. The number of carbonyl (C=O) groups excluding carboxylic acids is 2. The van der Waals surface area contributed by atoms with Crippen molar-refractivity contribution in [2.45, 2.75) is 6.92 Å². The van der Waals surface area contributed by atoms with E-state index in [1.54, 1.807) is 16.7 Å². The van der Waals surface area contributed by atoms with E-state index in [0.717, 1.165) is 0 Å². The molecule has 0 radical (unpaired) electrons. The van der Waals surface area contributed by atoms with Gasteiger partial charge in [0.05, 0.1) is 6.20 Å². The van der Waals surface area contributed by atoms with Gasteiger partial charge >= 0.3 is 0 Å². The van der Waals surface area contributed by atoms with E-state index in [2.05, 4.69) is 9.97 Å². The first-order valence-corrected chi connectivity index (χ1v) is 5.49. The van der Waals surface area contributed by atoms with Gasteiger partial charge in [0.1, 0.15) is 5.69 Å². The van der Waals surface area contributed by atoms with Gasteiger partial charge in [0, 0.05) is 45.5 Å². The van der Waals surface area contributed by atoms with Gasteiger partial charge in [-0.3, -0.25) is 14.6 Å². The number of amides is 2. The predicted molar refractivity (Wildman–Crippen MR) is 60.2 cm³/mol. The van der Waals surface area contributed by atoms with Crippen molar-refractivity contribution in [1.29, 1.82) is 0 Å². The molecule has 2 amide bonds. The van der Waals surface area contributed by atoms with E-state index in [0.29, 0.717) is 31.9 Å². The third kappa shape index (κ3) is 2.58. The fourth-order valence-corrected chi connectivity index (χ4v) is 1.80. The Hall–Kier alpha value is -1.98. The van der Waals surface area contributed by atoms with Crippen LogP contribution in [0.3, 0.4) is 0 Å². The molecule has 6 heteroatoms. The fourth-order valence-electron chi connectivity index (χ4n) is 1.80. The Morgan fingerprint density at radius 1 is 1.12 bits per heavy atom. The summed E-state index contributed by atoms with van der Waals surface area (Å²) in [6.45, 7) is 3.81. The van der Waals surface area contributed by atoms with Crippen molar-refractivity contribution in [3.8, 4) is 0 Å². The molecule has 0 bridgehead atoms. The monoisotopic (exact) mass is 234 g/mol. The van der Waals surface area contributed by atoms with Gasteiger partial charge in [0.2, 0.25) is 5.91 Å². The second kappa shape index (κ2) is 4.90. The van der Waals surface area contributed by atoms with E-state index < -0.39 is 0 Å². The smallest absolute Gasteiger partial charge is 0.274 e. The molecule has 1 aliphatic rings. The standard InChI is InChI=1S/C11H14N4O2/c1-9(16)14-4-6-15(7-5-14)11(17)10-8-12-2-3-13-10/h2-3,8H,4-7H2,1H3. The van der Waals surface area contributed by atoms with Crippen molar-refractivity contribution in [3.63, 3.8) is 0 Å². The summed E-state index contributed by atoms with van der Waals surface area (Å²) in [5, 5.41) is 0. The lowest BCUT2D eigenvalue weighted by Gasteiger charge is -2.33. The fraction of sp³-hybridized carbons (Fsp3) is 0.455. The first-order valence-electron chi connectivity index (χ1n) is 5.49. The molecule has 0 spiro atoms. The molecule has 1 fully saturated rings. The van der Waals surface area contributed by atoms with Crippen LogP contribution >= 0.6 is 0 Å². The second-order valence-electron chi connectivity index (χ2n) is 3.89. The van der Waals surface area contributed by atoms with Crippen LogP contribution in [-0.4, -0.2) is 57.8 Å². The van der Waals surface area contributed by atoms with Gasteiger partial charge in [-0.2, -0.15) is 0 Å². The molecule has 0 atom stereocenters. The van der Waals surface area contributed by atoms with Crippen LogP contribution in [0, 0.1) is 0 Å². The average Bonchev–Trinajstić information content (AvgIpc) is 2.39. The maximum Gasteiger partial charge on any atom is 0.274 e. The van der Waals surface area contributed by atoms with Crippen LogP contribution < -0.4 is 0 Å². The van der Waals surface area contributed by atoms with E-state index in [1.165, 1.54) is 18.6 Å². The lowest BCUT2D eigenvalue weighted by molar-refractivity contribution is -0.130. The highest BCUT2D eigenvalue weighted by molar-refractivity contribution is 5.92. The highest BCUT2D eigenvalue weighted by Gasteiger charge is 2.23. The van der Waals surface area contributed by atoms with Gasteiger partial charge in [-0.15, -0.1) is 0 Å². The SMILES string of the molecule is CC(=O)N1CCN(C(=O)c2cnccn2)CC1. The lowest BCUT2D eigenvalue weighted by Crippen LogP contribution is -2.50. The molecule has 1 aromatic rings. The van der Waals surface area contributed by atoms with Crippen molar-refractivity contribution in [3.05, 3.63) is 24.3 Å². The van der Waals surface area contributed by atoms with Gasteiger partial charge in [0.15, 0.2) is 0 Å². The highest BCUT2D eigenvalue weighted by atomic mass is 16.2. The zero-order chi connectivity index (χ0) is 12.3. The summed E-state index contributed by atoms with van der Waals surface area (Å²) in [5.74, 6) is -0.0714. The molecule has 6 nitrogen and oxygen atoms in total. The molecule has 2 heterocycles. The van der Waals surface area contributed by atoms with Gasteiger partial charge in [-0.05, 0) is 0 Å². The molecule has 1 aromatic heterocycles. The Kier molecular flexibility index (Phi) is 3.32. The summed E-state index contributed by atoms with van der Waals surface area (Å²) < 4.78 is 0. The molecule has 1 aliphatic heterocycles. The number of rotatable bonds is 1. The number of piperazine rings is 1. The predicted octanol–water partition coefficient (Wildman–Crippen LogP) is -0.219. The van der Waals surface area contributed by atoms with Crippen LogP contribution in [0.5, 0.6) is 0 Å². The zero-order valence-corrected chi connectivity index (χ0v) is 9.67. The van der Waals surface area contributed by atoms with Crippen LogP contribution in [0.1, 0.15) is 17.4 Å². The Morgan fingerprint density at radius 2 is 1.76 bits per heavy atom. The van der Waals surface area contributed by atoms with E-state index >= 15 is 0 Å². The van der Waals surface area contributed by atoms with Crippen LogP contribution in [-0.2, 0) is 4.79 Å². The first-order chi connectivity index (χ1) is 8.18. The molecule has 0 N–H and O–H groups in total. The minimum Gasteiger partial charge on any atom is -0.339 e. The Bertz CT molecular complexity index is 413. The quantitative estimate of drug-likeness (QED) is 0.674. The zero-order valence-electron chi connectivity index (χ0n) is 9.67. The number of hydrogen-bond acceptors (Lipinski definition) is 4. The third-order valence-corrected chi connectivity index (χ3v) is 2.79. The number of carbonyl (C=O) groups is 2. The third-order valence-electron chi connectivity index (χ3n) is 2.79. The van der Waals surface area contributed by atoms with Gasteiger partial charge in [-0.25, -0.2) is 4.98 Å². The summed E-state index contributed by atoms with van der Waals surface area (Å²) in [7, 11) is 0. The van der Waals surface area contributed by atoms with Gasteiger partial charge in [-0.1, -0.05) is 0 Å². The van der Waals surface area contributed by atoms with Crippen LogP contribution in [0.15, 0.2) is 18.6 Å². The molecule has 0 aliphatic carbocycles. The summed E-state index contributed by atoms with van der Waals surface area (Å²) in [6, 6.07) is 0. The number of nitrogens with zero attached hydrogens (tertiary/aromatic N) is 4. The Balaban J connectivity index is 1.98. The molecule has 17 heavy (non-hydrogen) atoms. The summed E-state index contributed by atoms with van der Waals surface area (Å²) >= 11 is 0. The largest absolute Gasteiger partial charge is 0.339 e. The van der Waals surface area contributed by atoms with Crippen molar-refractivity contribution in [2.24, 2.45) is 0 Å². The maximum absolute atomic E-state index is 12.0. The second-order valence-corrected chi connectivity index (χ2v) is 3.89. The molecular weight excluding hydrogens is 220 g/mol. The average molecular weight is 234 g/mol. The van der Waals surface area contributed by atoms with Crippen LogP contribution in [0.4, 0.5) is 0 Å². The molecule has 2 rings (SSSR count). The van der Waals surface area contributed by atoms with Gasteiger partial charge < -0.3 is 9.80 Å². The number of hydrogen-bond donors (Lipinski definition) is 0. The Morgan fingerprint density at radius 3 is 2.29 bits per heavy atom. The number of aromatic nitrogens is 2. The summed E-state index contributed by atoms with van der Waals surface area (Å²) in [4.78, 5) is 34.4. The maximum atomic E-state index is 12.0. The normalized spacial score (nSPS) is 15.8. The molecule has 90 valence electrons. The molecule has 0 unspecified atom stereocenters. The molecule has 0 aromatic carbocycles. The summed E-state index contributed by atoms with van der Waals surface area (Å²) in [6.07, 6.45) is 4.49. The minimum atomic E-state index is -0.124. The van der Waals surface area contributed by atoms with E-state index in [4.69, 9.17) is 0 Å². The van der Waals surface area contributed by atoms with E-state index in [-0.39, 0.29) is 11.8 Å². The van der Waals surface area contributed by atoms with Crippen molar-refractivity contribution in [1.82, 2.24) is 19.8 Å². The summed E-state index contributed by atoms with van der Waals surface area (Å²) in [5.41, 5.74) is 0.351. The van der Waals surface area contributed by atoms with Crippen molar-refractivity contribution in [2.75, 3.05) is 26.2 Å². The molecular formula is C11H14N4O2. The molecule has 0 saturated carbocycles. The van der Waals surface area contributed by atoms with Crippen LogP contribution in [0.25, 0.3) is 0 Å². The Labute approximate surface area is 99.3 Å². The lowest BCUT2D eigenvalue weighted by atomic mass is 10.3. The van der Waals surface area contributed by atoms with Gasteiger partial charge in [0.25, 0.3) is 5.91 Å². The van der Waals surface area contributed by atoms with E-state index in [1.807, 2.05) is 0 Å². The molecule has 1 saturated heterocycles. The van der Waals surface area contributed by atoms with Crippen molar-refractivity contribution >= 4 is 11.8 Å². The highest BCUT2D eigenvalue weighted by Crippen LogP contribution is 2.06.